The number of hydrogen-bond acceptors (Lipinski definition) is 4. The van der Waals surface area contributed by atoms with Crippen LogP contribution in [0.15, 0.2) is 0 Å². The summed E-state index contributed by atoms with van der Waals surface area (Å²) < 4.78 is 10.9. The standard InChI is InChI=1S/C13H24N2O3/c1-9(10-4-6-17-7-5-10)15-13(16)12-3-2-11(8-14)18-12/h9-12H,2-8,14H2,1H3,(H,15,16). The van der Waals surface area contributed by atoms with Crippen molar-refractivity contribution >= 4 is 5.91 Å². The van der Waals surface area contributed by atoms with Crippen LogP contribution in [0.3, 0.4) is 0 Å². The molecule has 104 valence electrons. The van der Waals surface area contributed by atoms with E-state index in [1.165, 1.54) is 0 Å². The Balaban J connectivity index is 1.76. The highest BCUT2D eigenvalue weighted by atomic mass is 16.5. The molecule has 2 rings (SSSR count). The van der Waals surface area contributed by atoms with E-state index in [2.05, 4.69) is 12.2 Å². The zero-order chi connectivity index (χ0) is 13.0. The molecule has 18 heavy (non-hydrogen) atoms. The third-order valence-electron chi connectivity index (χ3n) is 4.01. The summed E-state index contributed by atoms with van der Waals surface area (Å²) >= 11 is 0. The summed E-state index contributed by atoms with van der Waals surface area (Å²) in [4.78, 5) is 12.1. The van der Waals surface area contributed by atoms with Gasteiger partial charge in [0.15, 0.2) is 0 Å². The fourth-order valence-corrected chi connectivity index (χ4v) is 2.72. The summed E-state index contributed by atoms with van der Waals surface area (Å²) in [6, 6.07) is 0.196. The van der Waals surface area contributed by atoms with E-state index in [0.717, 1.165) is 38.9 Å². The second kappa shape index (κ2) is 6.50. The van der Waals surface area contributed by atoms with Crippen molar-refractivity contribution in [3.05, 3.63) is 0 Å². The van der Waals surface area contributed by atoms with Crippen molar-refractivity contribution in [3.8, 4) is 0 Å². The fourth-order valence-electron chi connectivity index (χ4n) is 2.72. The Morgan fingerprint density at radius 3 is 2.67 bits per heavy atom. The number of nitrogens with two attached hydrogens (primary N) is 1. The topological polar surface area (TPSA) is 73.6 Å². The molecule has 2 aliphatic rings. The zero-order valence-corrected chi connectivity index (χ0v) is 11.1. The molecule has 0 spiro atoms. The molecule has 0 saturated carbocycles. The lowest BCUT2D eigenvalue weighted by molar-refractivity contribution is -0.133. The van der Waals surface area contributed by atoms with Crippen molar-refractivity contribution in [3.63, 3.8) is 0 Å². The molecule has 1 amide bonds. The molecule has 5 heteroatoms. The number of amides is 1. The van der Waals surface area contributed by atoms with Gasteiger partial charge >= 0.3 is 0 Å². The van der Waals surface area contributed by atoms with Crippen LogP contribution < -0.4 is 11.1 Å². The Labute approximate surface area is 108 Å². The van der Waals surface area contributed by atoms with Crippen LogP contribution in [0.25, 0.3) is 0 Å². The smallest absolute Gasteiger partial charge is 0.249 e. The van der Waals surface area contributed by atoms with Crippen molar-refractivity contribution in [2.75, 3.05) is 19.8 Å². The van der Waals surface area contributed by atoms with Crippen LogP contribution in [-0.4, -0.2) is 43.9 Å². The van der Waals surface area contributed by atoms with Gasteiger partial charge in [0.1, 0.15) is 6.10 Å². The number of carbonyl (C=O) groups excluding carboxylic acids is 1. The Morgan fingerprint density at radius 2 is 2.06 bits per heavy atom. The van der Waals surface area contributed by atoms with Crippen LogP contribution in [0.2, 0.25) is 0 Å². The van der Waals surface area contributed by atoms with Gasteiger partial charge in [0.2, 0.25) is 5.91 Å². The summed E-state index contributed by atoms with van der Waals surface area (Å²) in [6.07, 6.45) is 3.48. The molecular formula is C13H24N2O3. The van der Waals surface area contributed by atoms with Gasteiger partial charge in [-0.15, -0.1) is 0 Å². The summed E-state index contributed by atoms with van der Waals surface area (Å²) in [5.74, 6) is 0.541. The predicted octanol–water partition coefficient (Wildman–Crippen LogP) is 0.424. The van der Waals surface area contributed by atoms with Crippen LogP contribution in [0.1, 0.15) is 32.6 Å². The third kappa shape index (κ3) is 3.43. The minimum atomic E-state index is -0.305. The maximum atomic E-state index is 12.1. The monoisotopic (exact) mass is 256 g/mol. The zero-order valence-electron chi connectivity index (χ0n) is 11.1. The second-order valence-corrected chi connectivity index (χ2v) is 5.31. The van der Waals surface area contributed by atoms with Crippen molar-refractivity contribution < 1.29 is 14.3 Å². The first kappa shape index (κ1) is 13.8. The normalized spacial score (nSPS) is 31.2. The average Bonchev–Trinajstić information content (AvgIpc) is 2.88. The highest BCUT2D eigenvalue weighted by Gasteiger charge is 2.31. The van der Waals surface area contributed by atoms with Gasteiger partial charge in [0, 0.05) is 25.8 Å². The lowest BCUT2D eigenvalue weighted by Crippen LogP contribution is -2.45. The molecule has 0 radical (unpaired) electrons. The second-order valence-electron chi connectivity index (χ2n) is 5.31. The van der Waals surface area contributed by atoms with Gasteiger partial charge in [-0.1, -0.05) is 0 Å². The highest BCUT2D eigenvalue weighted by molar-refractivity contribution is 5.81. The van der Waals surface area contributed by atoms with Gasteiger partial charge in [-0.25, -0.2) is 0 Å². The van der Waals surface area contributed by atoms with Crippen LogP contribution in [0.4, 0.5) is 0 Å². The summed E-state index contributed by atoms with van der Waals surface area (Å²) in [5, 5.41) is 3.08. The molecule has 2 saturated heterocycles. The van der Waals surface area contributed by atoms with E-state index in [0.29, 0.717) is 12.5 Å². The van der Waals surface area contributed by atoms with E-state index in [1.54, 1.807) is 0 Å². The van der Waals surface area contributed by atoms with E-state index in [1.807, 2.05) is 0 Å². The van der Waals surface area contributed by atoms with Gasteiger partial charge < -0.3 is 20.5 Å². The van der Waals surface area contributed by atoms with Crippen molar-refractivity contribution in [2.45, 2.75) is 50.9 Å². The van der Waals surface area contributed by atoms with Crippen molar-refractivity contribution in [2.24, 2.45) is 11.7 Å². The molecule has 2 heterocycles. The molecule has 0 aromatic rings. The Hall–Kier alpha value is -0.650. The first-order valence-corrected chi connectivity index (χ1v) is 6.94. The van der Waals surface area contributed by atoms with Crippen LogP contribution in [0.5, 0.6) is 0 Å². The quantitative estimate of drug-likeness (QED) is 0.765. The van der Waals surface area contributed by atoms with Gasteiger partial charge in [0.25, 0.3) is 0 Å². The first-order valence-electron chi connectivity index (χ1n) is 6.94. The van der Waals surface area contributed by atoms with E-state index in [-0.39, 0.29) is 24.2 Å². The lowest BCUT2D eigenvalue weighted by atomic mass is 9.93. The third-order valence-corrected chi connectivity index (χ3v) is 4.01. The Morgan fingerprint density at radius 1 is 1.33 bits per heavy atom. The van der Waals surface area contributed by atoms with Crippen molar-refractivity contribution in [1.29, 1.82) is 0 Å². The van der Waals surface area contributed by atoms with Gasteiger partial charge in [0.05, 0.1) is 6.10 Å². The molecule has 2 aliphatic heterocycles. The fraction of sp³-hybridized carbons (Fsp3) is 0.923. The van der Waals surface area contributed by atoms with Crippen molar-refractivity contribution in [1.82, 2.24) is 5.32 Å². The molecule has 0 aliphatic carbocycles. The molecule has 0 aromatic carbocycles. The number of rotatable bonds is 4. The molecule has 3 unspecified atom stereocenters. The maximum absolute atomic E-state index is 12.1. The van der Waals surface area contributed by atoms with Gasteiger partial charge in [-0.05, 0) is 38.5 Å². The summed E-state index contributed by atoms with van der Waals surface area (Å²) in [5.41, 5.74) is 5.54. The van der Waals surface area contributed by atoms with Gasteiger partial charge in [-0.2, -0.15) is 0 Å². The summed E-state index contributed by atoms with van der Waals surface area (Å²) in [7, 11) is 0. The van der Waals surface area contributed by atoms with E-state index < -0.39 is 0 Å². The highest BCUT2D eigenvalue weighted by Crippen LogP contribution is 2.21. The first-order chi connectivity index (χ1) is 8.70. The van der Waals surface area contributed by atoms with Gasteiger partial charge in [-0.3, -0.25) is 4.79 Å². The molecule has 2 fully saturated rings. The minimum absolute atomic E-state index is 0.0185. The largest absolute Gasteiger partial charge is 0.381 e. The SMILES string of the molecule is CC(NC(=O)C1CCC(CN)O1)C1CCOCC1. The lowest BCUT2D eigenvalue weighted by Gasteiger charge is -2.29. The Bertz CT molecular complexity index is 279. The maximum Gasteiger partial charge on any atom is 0.249 e. The van der Waals surface area contributed by atoms with Crippen LogP contribution in [0, 0.1) is 5.92 Å². The van der Waals surface area contributed by atoms with Crippen LogP contribution in [-0.2, 0) is 14.3 Å². The summed E-state index contributed by atoms with van der Waals surface area (Å²) in [6.45, 7) is 4.18. The predicted molar refractivity (Wildman–Crippen MR) is 68.1 cm³/mol. The average molecular weight is 256 g/mol. The number of ether oxygens (including phenoxy) is 2. The molecule has 5 nitrogen and oxygen atoms in total. The van der Waals surface area contributed by atoms with E-state index in [4.69, 9.17) is 15.2 Å². The number of carbonyl (C=O) groups is 1. The molecule has 0 aromatic heterocycles. The van der Waals surface area contributed by atoms with E-state index >= 15 is 0 Å². The molecular weight excluding hydrogens is 232 g/mol. The molecule has 0 bridgehead atoms. The van der Waals surface area contributed by atoms with Crippen LogP contribution >= 0.6 is 0 Å². The van der Waals surface area contributed by atoms with E-state index in [9.17, 15) is 4.79 Å². The Kier molecular flexibility index (Phi) is 4.97. The molecule has 3 N–H and O–H groups in total. The number of hydrogen-bond donors (Lipinski definition) is 2. The minimum Gasteiger partial charge on any atom is -0.381 e. The molecule has 3 atom stereocenters. The number of nitrogens with one attached hydrogen (secondary N) is 1.